The molecule has 1 N–H and O–H groups in total. The van der Waals surface area contributed by atoms with E-state index in [4.69, 9.17) is 0 Å². The highest BCUT2D eigenvalue weighted by Gasteiger charge is 2.75. The minimum atomic E-state index is 0.304. The van der Waals surface area contributed by atoms with Crippen LogP contribution in [-0.4, -0.2) is 11.9 Å². The summed E-state index contributed by atoms with van der Waals surface area (Å²) in [4.78, 5) is 11.7. The van der Waals surface area contributed by atoms with Crippen LogP contribution in [0.2, 0.25) is 0 Å². The van der Waals surface area contributed by atoms with Gasteiger partial charge in [0.15, 0.2) is 0 Å². The Morgan fingerprint density at radius 2 is 1.81 bits per heavy atom. The zero-order valence-electron chi connectivity index (χ0n) is 8.94. The summed E-state index contributed by atoms with van der Waals surface area (Å²) in [6, 6.07) is 9.27. The van der Waals surface area contributed by atoms with Crippen molar-refractivity contribution in [1.29, 1.82) is 0 Å². The summed E-state index contributed by atoms with van der Waals surface area (Å²) in [7, 11) is 0. The van der Waals surface area contributed by atoms with E-state index < -0.39 is 0 Å². The lowest BCUT2D eigenvalue weighted by molar-refractivity contribution is -0.134. The van der Waals surface area contributed by atoms with Crippen molar-refractivity contribution >= 4 is 5.91 Å². The maximum Gasteiger partial charge on any atom is 0.226 e. The Balaban J connectivity index is 1.81. The van der Waals surface area contributed by atoms with Crippen LogP contribution in [0.4, 0.5) is 0 Å². The van der Waals surface area contributed by atoms with Crippen LogP contribution in [0.5, 0.6) is 0 Å². The van der Waals surface area contributed by atoms with Gasteiger partial charge in [-0.2, -0.15) is 0 Å². The van der Waals surface area contributed by atoms with Gasteiger partial charge in [-0.3, -0.25) is 4.79 Å². The molecule has 1 saturated heterocycles. The van der Waals surface area contributed by atoms with Crippen LogP contribution in [-0.2, 0) is 4.79 Å². The summed E-state index contributed by atoms with van der Waals surface area (Å²) in [6.45, 7) is 0. The van der Waals surface area contributed by atoms with Gasteiger partial charge < -0.3 is 5.32 Å². The van der Waals surface area contributed by atoms with Crippen molar-refractivity contribution in [3.8, 4) is 0 Å². The van der Waals surface area contributed by atoms with Crippen molar-refractivity contribution in [1.82, 2.24) is 5.32 Å². The van der Waals surface area contributed by atoms with E-state index in [0.717, 1.165) is 0 Å². The molecular formula is C14H13NO. The summed E-state index contributed by atoms with van der Waals surface area (Å²) >= 11 is 0. The molecule has 0 aromatic heterocycles. The van der Waals surface area contributed by atoms with Gasteiger partial charge in [0.2, 0.25) is 5.91 Å². The average Bonchev–Trinajstić information content (AvgIpc) is 2.97. The molecule has 4 unspecified atom stereocenters. The third kappa shape index (κ3) is 0.580. The fourth-order valence-corrected chi connectivity index (χ4v) is 4.83. The van der Waals surface area contributed by atoms with E-state index in [1.807, 2.05) is 0 Å². The quantitative estimate of drug-likeness (QED) is 0.651. The number of β-lactam (4-membered cyclic amide) rings is 1. The third-order valence-corrected chi connectivity index (χ3v) is 5.45. The normalized spacial score (nSPS) is 43.6. The number of benzene rings is 1. The highest BCUT2D eigenvalue weighted by atomic mass is 16.2. The maximum atomic E-state index is 11.7. The van der Waals surface area contributed by atoms with E-state index in [1.165, 1.54) is 24.0 Å². The number of hydrogen-bond donors (Lipinski definition) is 1. The zero-order chi connectivity index (χ0) is 10.5. The Hall–Kier alpha value is -1.31. The molecule has 3 aliphatic carbocycles. The van der Waals surface area contributed by atoms with Gasteiger partial charge in [-0.1, -0.05) is 24.3 Å². The molecule has 16 heavy (non-hydrogen) atoms. The van der Waals surface area contributed by atoms with Crippen LogP contribution in [0.3, 0.4) is 0 Å². The lowest BCUT2D eigenvalue weighted by Crippen LogP contribution is -2.59. The lowest BCUT2D eigenvalue weighted by atomic mass is 9.75. The van der Waals surface area contributed by atoms with Gasteiger partial charge in [0, 0.05) is 17.9 Å². The Morgan fingerprint density at radius 3 is 2.44 bits per heavy atom. The molecule has 2 saturated carbocycles. The smallest absolute Gasteiger partial charge is 0.226 e. The van der Waals surface area contributed by atoms with E-state index >= 15 is 0 Å². The first-order valence-corrected chi connectivity index (χ1v) is 6.22. The molecule has 4 atom stereocenters. The summed E-state index contributed by atoms with van der Waals surface area (Å²) in [5.74, 6) is 1.80. The molecule has 5 rings (SSSR count). The van der Waals surface area contributed by atoms with Crippen LogP contribution in [0.25, 0.3) is 0 Å². The second-order valence-corrected chi connectivity index (χ2v) is 5.88. The van der Waals surface area contributed by atoms with Crippen molar-refractivity contribution in [3.63, 3.8) is 0 Å². The molecular weight excluding hydrogens is 198 g/mol. The second kappa shape index (κ2) is 2.06. The van der Waals surface area contributed by atoms with Crippen molar-refractivity contribution in [2.24, 2.45) is 11.3 Å². The molecule has 1 amide bonds. The molecule has 1 heterocycles. The summed E-state index contributed by atoms with van der Waals surface area (Å²) in [6.07, 6.45) is 2.66. The third-order valence-electron chi connectivity index (χ3n) is 5.45. The van der Waals surface area contributed by atoms with Gasteiger partial charge in [-0.25, -0.2) is 0 Å². The Morgan fingerprint density at radius 1 is 1.12 bits per heavy atom. The van der Waals surface area contributed by atoms with E-state index in [9.17, 15) is 4.79 Å². The predicted octanol–water partition coefficient (Wildman–Crippen LogP) is 1.78. The topological polar surface area (TPSA) is 29.1 Å². The minimum absolute atomic E-state index is 0.304. The van der Waals surface area contributed by atoms with Gasteiger partial charge in [0.05, 0.1) is 5.92 Å². The molecule has 0 radical (unpaired) electrons. The van der Waals surface area contributed by atoms with Crippen LogP contribution in [0.1, 0.15) is 35.8 Å². The average molecular weight is 211 g/mol. The number of hydrogen-bond acceptors (Lipinski definition) is 1. The number of amides is 1. The first kappa shape index (κ1) is 7.88. The number of carbonyl (C=O) groups is 1. The zero-order valence-corrected chi connectivity index (χ0v) is 8.94. The Labute approximate surface area is 94.0 Å². The minimum Gasteiger partial charge on any atom is -0.352 e. The molecule has 4 aliphatic rings. The van der Waals surface area contributed by atoms with Crippen LogP contribution < -0.4 is 5.32 Å². The van der Waals surface area contributed by atoms with Gasteiger partial charge in [-0.05, 0) is 29.4 Å². The van der Waals surface area contributed by atoms with Crippen LogP contribution in [0.15, 0.2) is 24.3 Å². The Kier molecular flexibility index (Phi) is 1.02. The van der Waals surface area contributed by atoms with E-state index in [0.29, 0.717) is 35.1 Å². The molecule has 2 heteroatoms. The fourth-order valence-electron chi connectivity index (χ4n) is 4.83. The molecule has 2 bridgehead atoms. The van der Waals surface area contributed by atoms with Crippen LogP contribution >= 0.6 is 0 Å². The molecule has 1 aromatic carbocycles. The first-order chi connectivity index (χ1) is 7.83. The number of carbonyl (C=O) groups excluding carboxylic acids is 1. The van der Waals surface area contributed by atoms with Gasteiger partial charge in [0.1, 0.15) is 0 Å². The van der Waals surface area contributed by atoms with Gasteiger partial charge >= 0.3 is 0 Å². The van der Waals surface area contributed by atoms with Crippen molar-refractivity contribution in [2.75, 3.05) is 0 Å². The molecule has 80 valence electrons. The standard InChI is InChI=1S/C14H13NO/c16-13-9-10-7-3-1-2-4-8(7)11(12(9)15-13)14(10)5-6-14/h1-4,9-12H,5-6H2,(H,15,16). The van der Waals surface area contributed by atoms with Crippen molar-refractivity contribution in [3.05, 3.63) is 35.4 Å². The number of nitrogens with one attached hydrogen (secondary N) is 1. The largest absolute Gasteiger partial charge is 0.352 e. The summed E-state index contributed by atoms with van der Waals surface area (Å²) in [5, 5.41) is 3.13. The van der Waals surface area contributed by atoms with Crippen molar-refractivity contribution in [2.45, 2.75) is 30.7 Å². The molecule has 1 aliphatic heterocycles. The van der Waals surface area contributed by atoms with Gasteiger partial charge in [-0.15, -0.1) is 0 Å². The number of fused-ring (bicyclic) bond motifs is 6. The summed E-state index contributed by atoms with van der Waals surface area (Å²) in [5.41, 5.74) is 3.51. The lowest BCUT2D eigenvalue weighted by Gasteiger charge is -2.40. The van der Waals surface area contributed by atoms with Gasteiger partial charge in [0.25, 0.3) is 0 Å². The fraction of sp³-hybridized carbons (Fsp3) is 0.500. The molecule has 1 spiro atoms. The highest BCUT2D eigenvalue weighted by molar-refractivity contribution is 5.90. The SMILES string of the molecule is O=C1NC2C1C1c3ccccc3C2C12CC2. The second-order valence-electron chi connectivity index (χ2n) is 5.88. The highest BCUT2D eigenvalue weighted by Crippen LogP contribution is 2.78. The van der Waals surface area contributed by atoms with Crippen LogP contribution in [0, 0.1) is 11.3 Å². The van der Waals surface area contributed by atoms with E-state index in [-0.39, 0.29) is 0 Å². The predicted molar refractivity (Wildman–Crippen MR) is 59.0 cm³/mol. The monoisotopic (exact) mass is 211 g/mol. The molecule has 3 fully saturated rings. The van der Waals surface area contributed by atoms with E-state index in [2.05, 4.69) is 29.6 Å². The number of rotatable bonds is 0. The van der Waals surface area contributed by atoms with Crippen molar-refractivity contribution < 1.29 is 4.79 Å². The summed E-state index contributed by atoms with van der Waals surface area (Å²) < 4.78 is 0. The molecule has 1 aromatic rings. The maximum absolute atomic E-state index is 11.7. The first-order valence-electron chi connectivity index (χ1n) is 6.22. The Bertz CT molecular complexity index is 531. The van der Waals surface area contributed by atoms with E-state index in [1.54, 1.807) is 0 Å². The molecule has 2 nitrogen and oxygen atoms in total.